The molecule has 0 aromatic heterocycles. The number of nitro groups is 1. The summed E-state index contributed by atoms with van der Waals surface area (Å²) in [6.45, 7) is 0.626. The van der Waals surface area contributed by atoms with Gasteiger partial charge in [0.25, 0.3) is 0 Å². The van der Waals surface area contributed by atoms with E-state index in [4.69, 9.17) is 5.73 Å². The van der Waals surface area contributed by atoms with Crippen LogP contribution >= 0.6 is 0 Å². The first-order chi connectivity index (χ1) is 9.08. The van der Waals surface area contributed by atoms with E-state index in [9.17, 15) is 15.2 Å². The Morgan fingerprint density at radius 2 is 2.26 bits per heavy atom. The van der Waals surface area contributed by atoms with Crippen molar-refractivity contribution in [1.29, 1.82) is 0 Å². The third kappa shape index (κ3) is 3.35. The lowest BCUT2D eigenvalue weighted by Gasteiger charge is -2.26. The van der Waals surface area contributed by atoms with Gasteiger partial charge in [0.1, 0.15) is 11.4 Å². The number of para-hydroxylation sites is 1. The van der Waals surface area contributed by atoms with Gasteiger partial charge < -0.3 is 16.2 Å². The van der Waals surface area contributed by atoms with E-state index >= 15 is 0 Å². The highest BCUT2D eigenvalue weighted by Crippen LogP contribution is 2.31. The Morgan fingerprint density at radius 1 is 1.47 bits per heavy atom. The number of nitrogen functional groups attached to an aromatic ring is 1. The standard InChI is InChI=1S/C13H19N3O3/c14-11-5-2-6-12(13(11)16(18)19)15-8-9-3-1-4-10(17)7-9/h2,5-6,9-10,15,17H,1,3-4,7-8,14H2. The minimum Gasteiger partial charge on any atom is -0.393 e. The van der Waals surface area contributed by atoms with Crippen LogP contribution in [0.2, 0.25) is 0 Å². The molecule has 2 unspecified atom stereocenters. The molecule has 6 nitrogen and oxygen atoms in total. The van der Waals surface area contributed by atoms with Crippen LogP contribution in [0.25, 0.3) is 0 Å². The number of hydrogen-bond donors (Lipinski definition) is 3. The maximum atomic E-state index is 11.0. The second-order valence-electron chi connectivity index (χ2n) is 5.07. The number of aliphatic hydroxyl groups is 1. The maximum Gasteiger partial charge on any atom is 0.314 e. The van der Waals surface area contributed by atoms with Crippen molar-refractivity contribution in [2.24, 2.45) is 5.92 Å². The van der Waals surface area contributed by atoms with Crippen molar-refractivity contribution in [2.45, 2.75) is 31.8 Å². The van der Waals surface area contributed by atoms with Crippen molar-refractivity contribution in [1.82, 2.24) is 0 Å². The number of nitrogens with zero attached hydrogens (tertiary/aromatic N) is 1. The van der Waals surface area contributed by atoms with Crippen LogP contribution < -0.4 is 11.1 Å². The van der Waals surface area contributed by atoms with E-state index in [1.165, 1.54) is 6.07 Å². The van der Waals surface area contributed by atoms with E-state index in [1.54, 1.807) is 12.1 Å². The Kier molecular flexibility index (Phi) is 4.21. The lowest BCUT2D eigenvalue weighted by molar-refractivity contribution is -0.383. The Hall–Kier alpha value is -1.82. The molecule has 4 N–H and O–H groups in total. The van der Waals surface area contributed by atoms with Crippen molar-refractivity contribution < 1.29 is 10.0 Å². The summed E-state index contributed by atoms with van der Waals surface area (Å²) in [5.41, 5.74) is 6.18. The van der Waals surface area contributed by atoms with Crippen molar-refractivity contribution in [3.63, 3.8) is 0 Å². The minimum atomic E-state index is -0.465. The molecule has 1 fully saturated rings. The van der Waals surface area contributed by atoms with Crippen LogP contribution in [0.5, 0.6) is 0 Å². The molecule has 1 aliphatic rings. The fourth-order valence-corrected chi connectivity index (χ4v) is 2.61. The normalized spacial score (nSPS) is 23.0. The van der Waals surface area contributed by atoms with Crippen LogP contribution in [0.1, 0.15) is 25.7 Å². The zero-order valence-electron chi connectivity index (χ0n) is 10.7. The minimum absolute atomic E-state index is 0.0705. The Labute approximate surface area is 111 Å². The van der Waals surface area contributed by atoms with Crippen LogP contribution in [0.15, 0.2) is 18.2 Å². The fraction of sp³-hybridized carbons (Fsp3) is 0.538. The summed E-state index contributed by atoms with van der Waals surface area (Å²) < 4.78 is 0. The summed E-state index contributed by atoms with van der Waals surface area (Å²) in [5, 5.41) is 23.7. The molecule has 0 amide bonds. The molecule has 1 saturated carbocycles. The highest BCUT2D eigenvalue weighted by atomic mass is 16.6. The largest absolute Gasteiger partial charge is 0.393 e. The fourth-order valence-electron chi connectivity index (χ4n) is 2.61. The van der Waals surface area contributed by atoms with Crippen LogP contribution in [0.3, 0.4) is 0 Å². The van der Waals surface area contributed by atoms with Crippen molar-refractivity contribution in [3.8, 4) is 0 Å². The van der Waals surface area contributed by atoms with Gasteiger partial charge in [-0.2, -0.15) is 0 Å². The van der Waals surface area contributed by atoms with Crippen molar-refractivity contribution in [2.75, 3.05) is 17.6 Å². The molecule has 6 heteroatoms. The summed E-state index contributed by atoms with van der Waals surface area (Å²) in [4.78, 5) is 10.5. The van der Waals surface area contributed by atoms with E-state index in [1.807, 2.05) is 0 Å². The lowest BCUT2D eigenvalue weighted by atomic mass is 9.87. The van der Waals surface area contributed by atoms with Crippen LogP contribution in [-0.2, 0) is 0 Å². The van der Waals surface area contributed by atoms with Gasteiger partial charge in [-0.15, -0.1) is 0 Å². The van der Waals surface area contributed by atoms with Gasteiger partial charge in [-0.05, 0) is 37.3 Å². The highest BCUT2D eigenvalue weighted by molar-refractivity contribution is 5.74. The van der Waals surface area contributed by atoms with Crippen molar-refractivity contribution >= 4 is 17.1 Å². The van der Waals surface area contributed by atoms with Gasteiger partial charge in [-0.1, -0.05) is 12.5 Å². The monoisotopic (exact) mass is 265 g/mol. The zero-order valence-corrected chi connectivity index (χ0v) is 10.7. The molecular weight excluding hydrogens is 246 g/mol. The van der Waals surface area contributed by atoms with Gasteiger partial charge in [0, 0.05) is 6.54 Å². The number of rotatable bonds is 4. The molecule has 0 saturated heterocycles. The number of nitrogens with one attached hydrogen (secondary N) is 1. The molecule has 1 aliphatic carbocycles. The molecule has 104 valence electrons. The highest BCUT2D eigenvalue weighted by Gasteiger charge is 2.22. The molecule has 0 aliphatic heterocycles. The maximum absolute atomic E-state index is 11.0. The van der Waals surface area contributed by atoms with Crippen molar-refractivity contribution in [3.05, 3.63) is 28.3 Å². The first-order valence-electron chi connectivity index (χ1n) is 6.52. The number of anilines is 2. The molecule has 0 heterocycles. The Balaban J connectivity index is 2.03. The van der Waals surface area contributed by atoms with E-state index in [2.05, 4.69) is 5.32 Å². The number of hydrogen-bond acceptors (Lipinski definition) is 5. The molecule has 1 aromatic carbocycles. The number of benzene rings is 1. The lowest BCUT2D eigenvalue weighted by Crippen LogP contribution is -2.25. The molecule has 0 bridgehead atoms. The van der Waals surface area contributed by atoms with E-state index in [0.717, 1.165) is 25.7 Å². The van der Waals surface area contributed by atoms with Crippen LogP contribution in [0, 0.1) is 16.0 Å². The second-order valence-corrected chi connectivity index (χ2v) is 5.07. The molecule has 0 radical (unpaired) electrons. The summed E-state index contributed by atoms with van der Waals surface area (Å²) in [6, 6.07) is 4.88. The van der Waals surface area contributed by atoms with Gasteiger partial charge in [-0.3, -0.25) is 10.1 Å². The average molecular weight is 265 g/mol. The number of nitro benzene ring substituents is 1. The summed E-state index contributed by atoms with van der Waals surface area (Å²) in [7, 11) is 0. The van der Waals surface area contributed by atoms with Gasteiger partial charge in [0.05, 0.1) is 11.0 Å². The molecule has 19 heavy (non-hydrogen) atoms. The molecule has 2 atom stereocenters. The smallest absolute Gasteiger partial charge is 0.314 e. The molecule has 1 aromatic rings. The van der Waals surface area contributed by atoms with Gasteiger partial charge in [0.15, 0.2) is 0 Å². The summed E-state index contributed by atoms with van der Waals surface area (Å²) in [5.74, 6) is 0.352. The SMILES string of the molecule is Nc1cccc(NCC2CCCC(O)C2)c1[N+](=O)[O-]. The Bertz CT molecular complexity index is 464. The Morgan fingerprint density at radius 3 is 2.95 bits per heavy atom. The van der Waals surface area contributed by atoms with Gasteiger partial charge in [0.2, 0.25) is 0 Å². The van der Waals surface area contributed by atoms with E-state index < -0.39 is 4.92 Å². The van der Waals surface area contributed by atoms with Crippen LogP contribution in [-0.4, -0.2) is 22.7 Å². The third-order valence-corrected chi connectivity index (χ3v) is 3.59. The van der Waals surface area contributed by atoms with Gasteiger partial charge in [-0.25, -0.2) is 0 Å². The predicted molar refractivity (Wildman–Crippen MR) is 74.0 cm³/mol. The second kappa shape index (κ2) is 5.88. The number of nitrogens with two attached hydrogens (primary N) is 1. The van der Waals surface area contributed by atoms with E-state index in [-0.39, 0.29) is 17.5 Å². The summed E-state index contributed by atoms with van der Waals surface area (Å²) in [6.07, 6.45) is 3.42. The van der Waals surface area contributed by atoms with E-state index in [0.29, 0.717) is 18.2 Å². The summed E-state index contributed by atoms with van der Waals surface area (Å²) >= 11 is 0. The predicted octanol–water partition coefficient (Wildman–Crippen LogP) is 2.14. The number of aliphatic hydroxyl groups excluding tert-OH is 1. The molecular formula is C13H19N3O3. The third-order valence-electron chi connectivity index (χ3n) is 3.59. The van der Waals surface area contributed by atoms with Gasteiger partial charge >= 0.3 is 5.69 Å². The first-order valence-corrected chi connectivity index (χ1v) is 6.52. The topological polar surface area (TPSA) is 101 Å². The average Bonchev–Trinajstić information content (AvgIpc) is 2.36. The molecule has 2 rings (SSSR count). The first kappa shape index (κ1) is 13.6. The quantitative estimate of drug-likeness (QED) is 0.440. The molecule has 0 spiro atoms. The zero-order chi connectivity index (χ0) is 13.8. The van der Waals surface area contributed by atoms with Crippen LogP contribution in [0.4, 0.5) is 17.1 Å².